The summed E-state index contributed by atoms with van der Waals surface area (Å²) in [5.41, 5.74) is -0.193. The van der Waals surface area contributed by atoms with Gasteiger partial charge in [-0.05, 0) is 34.7 Å². The van der Waals surface area contributed by atoms with E-state index in [4.69, 9.17) is 5.11 Å². The van der Waals surface area contributed by atoms with E-state index in [1.54, 1.807) is 0 Å². The molecule has 0 aliphatic heterocycles. The first-order valence-electron chi connectivity index (χ1n) is 4.82. The predicted molar refractivity (Wildman–Crippen MR) is 59.8 cm³/mol. The van der Waals surface area contributed by atoms with Crippen molar-refractivity contribution in [2.45, 2.75) is 18.9 Å². The highest BCUT2D eigenvalue weighted by atomic mass is 79.9. The summed E-state index contributed by atoms with van der Waals surface area (Å²) in [6.45, 7) is 0.742. The van der Waals surface area contributed by atoms with Gasteiger partial charge in [0, 0.05) is 6.54 Å². The SMILES string of the molecule is O=c1[nH]cnc(NCC2CC(O)C2)c1Br. The maximum absolute atomic E-state index is 11.2. The van der Waals surface area contributed by atoms with E-state index < -0.39 is 0 Å². The first-order valence-corrected chi connectivity index (χ1v) is 5.61. The number of aliphatic hydroxyl groups excluding tert-OH is 1. The number of halogens is 1. The van der Waals surface area contributed by atoms with Crippen molar-refractivity contribution in [2.75, 3.05) is 11.9 Å². The molecule has 0 aromatic carbocycles. The Balaban J connectivity index is 1.93. The van der Waals surface area contributed by atoms with Crippen molar-refractivity contribution in [3.8, 4) is 0 Å². The Kier molecular flexibility index (Phi) is 3.06. The number of H-pyrrole nitrogens is 1. The van der Waals surface area contributed by atoms with E-state index in [1.165, 1.54) is 6.33 Å². The second-order valence-electron chi connectivity index (χ2n) is 3.77. The van der Waals surface area contributed by atoms with Gasteiger partial charge in [-0.25, -0.2) is 4.98 Å². The van der Waals surface area contributed by atoms with E-state index in [2.05, 4.69) is 31.2 Å². The average molecular weight is 274 g/mol. The van der Waals surface area contributed by atoms with Gasteiger partial charge in [-0.2, -0.15) is 0 Å². The van der Waals surface area contributed by atoms with Crippen LogP contribution in [0, 0.1) is 5.92 Å². The molecule has 0 unspecified atom stereocenters. The summed E-state index contributed by atoms with van der Waals surface area (Å²) in [5, 5.41) is 12.2. The number of rotatable bonds is 3. The highest BCUT2D eigenvalue weighted by Gasteiger charge is 2.26. The van der Waals surface area contributed by atoms with E-state index in [1.807, 2.05) is 0 Å². The Morgan fingerprint density at radius 1 is 1.67 bits per heavy atom. The smallest absolute Gasteiger partial charge is 0.267 e. The standard InChI is InChI=1S/C9H12BrN3O2/c10-7-8(12-4-13-9(7)15)11-3-5-1-6(14)2-5/h4-6,14H,1-3H2,(H2,11,12,13,15). The molecule has 3 N–H and O–H groups in total. The van der Waals surface area contributed by atoms with E-state index in [-0.39, 0.29) is 11.7 Å². The summed E-state index contributed by atoms with van der Waals surface area (Å²) in [6.07, 6.45) is 2.87. The van der Waals surface area contributed by atoms with E-state index in [9.17, 15) is 4.79 Å². The Labute approximate surface area is 95.1 Å². The Hall–Kier alpha value is -0.880. The molecular weight excluding hydrogens is 262 g/mol. The van der Waals surface area contributed by atoms with E-state index >= 15 is 0 Å². The summed E-state index contributed by atoms with van der Waals surface area (Å²) in [7, 11) is 0. The number of aliphatic hydroxyl groups is 1. The van der Waals surface area contributed by atoms with Crippen molar-refractivity contribution in [1.29, 1.82) is 0 Å². The average Bonchev–Trinajstić information content (AvgIpc) is 2.17. The van der Waals surface area contributed by atoms with Crippen LogP contribution >= 0.6 is 15.9 Å². The summed E-state index contributed by atoms with van der Waals surface area (Å²) in [5.74, 6) is 1.04. The highest BCUT2D eigenvalue weighted by Crippen LogP contribution is 2.27. The molecule has 82 valence electrons. The zero-order valence-electron chi connectivity index (χ0n) is 8.03. The van der Waals surface area contributed by atoms with Crippen LogP contribution in [-0.4, -0.2) is 27.7 Å². The van der Waals surface area contributed by atoms with Gasteiger partial charge in [0.05, 0.1) is 12.4 Å². The number of aromatic nitrogens is 2. The number of hydrogen-bond donors (Lipinski definition) is 3. The van der Waals surface area contributed by atoms with Gasteiger partial charge < -0.3 is 15.4 Å². The second kappa shape index (κ2) is 4.32. The molecule has 0 amide bonds. The lowest BCUT2D eigenvalue weighted by molar-refractivity contribution is 0.0486. The fraction of sp³-hybridized carbons (Fsp3) is 0.556. The summed E-state index contributed by atoms with van der Waals surface area (Å²) in [6, 6.07) is 0. The first-order chi connectivity index (χ1) is 7.16. The topological polar surface area (TPSA) is 78.0 Å². The third-order valence-corrected chi connectivity index (χ3v) is 3.30. The predicted octanol–water partition coefficient (Wildman–Crippen LogP) is 0.715. The van der Waals surface area contributed by atoms with Crippen LogP contribution in [0.5, 0.6) is 0 Å². The molecule has 0 saturated heterocycles. The minimum atomic E-state index is -0.193. The molecule has 2 rings (SSSR count). The number of nitrogens with zero attached hydrogens (tertiary/aromatic N) is 1. The lowest BCUT2D eigenvalue weighted by Gasteiger charge is -2.31. The maximum Gasteiger partial charge on any atom is 0.267 e. The van der Waals surface area contributed by atoms with Crippen LogP contribution in [-0.2, 0) is 0 Å². The second-order valence-corrected chi connectivity index (χ2v) is 4.56. The molecule has 1 saturated carbocycles. The number of anilines is 1. The molecule has 1 heterocycles. The zero-order chi connectivity index (χ0) is 10.8. The van der Waals surface area contributed by atoms with Gasteiger partial charge in [-0.3, -0.25) is 4.79 Å². The number of nitrogens with one attached hydrogen (secondary N) is 2. The Morgan fingerprint density at radius 2 is 2.40 bits per heavy atom. The Bertz CT molecular complexity index is 401. The van der Waals surface area contributed by atoms with Gasteiger partial charge in [0.15, 0.2) is 0 Å². The summed E-state index contributed by atoms with van der Waals surface area (Å²) < 4.78 is 0.421. The van der Waals surface area contributed by atoms with Crippen LogP contribution < -0.4 is 10.9 Å². The first kappa shape index (κ1) is 10.6. The van der Waals surface area contributed by atoms with Crippen LogP contribution in [0.25, 0.3) is 0 Å². The molecule has 5 nitrogen and oxygen atoms in total. The van der Waals surface area contributed by atoms with Gasteiger partial charge in [0.2, 0.25) is 0 Å². The number of hydrogen-bond acceptors (Lipinski definition) is 4. The lowest BCUT2D eigenvalue weighted by atomic mass is 9.82. The molecule has 1 aromatic rings. The van der Waals surface area contributed by atoms with E-state index in [0.29, 0.717) is 16.2 Å². The van der Waals surface area contributed by atoms with Gasteiger partial charge in [0.25, 0.3) is 5.56 Å². The fourth-order valence-corrected chi connectivity index (χ4v) is 1.97. The van der Waals surface area contributed by atoms with Crippen LogP contribution in [0.3, 0.4) is 0 Å². The highest BCUT2D eigenvalue weighted by molar-refractivity contribution is 9.10. The molecule has 1 aliphatic carbocycles. The largest absolute Gasteiger partial charge is 0.393 e. The molecular formula is C9H12BrN3O2. The Morgan fingerprint density at radius 3 is 3.07 bits per heavy atom. The normalized spacial score (nSPS) is 24.7. The third kappa shape index (κ3) is 2.38. The minimum Gasteiger partial charge on any atom is -0.393 e. The maximum atomic E-state index is 11.2. The molecule has 0 spiro atoms. The third-order valence-electron chi connectivity index (χ3n) is 2.57. The summed E-state index contributed by atoms with van der Waals surface area (Å²) in [4.78, 5) is 17.7. The molecule has 0 bridgehead atoms. The van der Waals surface area contributed by atoms with Crippen molar-refractivity contribution in [2.24, 2.45) is 5.92 Å². The summed E-state index contributed by atoms with van der Waals surface area (Å²) >= 11 is 3.16. The van der Waals surface area contributed by atoms with E-state index in [0.717, 1.165) is 19.4 Å². The molecule has 15 heavy (non-hydrogen) atoms. The monoisotopic (exact) mass is 273 g/mol. The zero-order valence-corrected chi connectivity index (χ0v) is 9.62. The van der Waals surface area contributed by atoms with Gasteiger partial charge in [0.1, 0.15) is 10.3 Å². The minimum absolute atomic E-state index is 0.146. The van der Waals surface area contributed by atoms with Gasteiger partial charge in [-0.15, -0.1) is 0 Å². The van der Waals surface area contributed by atoms with Crippen molar-refractivity contribution in [3.63, 3.8) is 0 Å². The van der Waals surface area contributed by atoms with Gasteiger partial charge in [-0.1, -0.05) is 0 Å². The molecule has 6 heteroatoms. The number of aromatic amines is 1. The van der Waals surface area contributed by atoms with Crippen molar-refractivity contribution in [1.82, 2.24) is 9.97 Å². The quantitative estimate of drug-likeness (QED) is 0.758. The molecule has 0 radical (unpaired) electrons. The molecule has 1 aromatic heterocycles. The van der Waals surface area contributed by atoms with Crippen LogP contribution in [0.15, 0.2) is 15.6 Å². The van der Waals surface area contributed by atoms with Crippen molar-refractivity contribution < 1.29 is 5.11 Å². The van der Waals surface area contributed by atoms with Crippen LogP contribution in [0.4, 0.5) is 5.82 Å². The lowest BCUT2D eigenvalue weighted by Crippen LogP contribution is -2.33. The molecule has 1 aliphatic rings. The van der Waals surface area contributed by atoms with Crippen LogP contribution in [0.1, 0.15) is 12.8 Å². The van der Waals surface area contributed by atoms with Crippen molar-refractivity contribution in [3.05, 3.63) is 21.2 Å². The van der Waals surface area contributed by atoms with Crippen LogP contribution in [0.2, 0.25) is 0 Å². The fourth-order valence-electron chi connectivity index (χ4n) is 1.61. The van der Waals surface area contributed by atoms with Crippen molar-refractivity contribution >= 4 is 21.7 Å². The molecule has 0 atom stereocenters. The van der Waals surface area contributed by atoms with Gasteiger partial charge >= 0.3 is 0 Å². The molecule has 1 fully saturated rings.